The van der Waals surface area contributed by atoms with Gasteiger partial charge in [-0.3, -0.25) is 23.7 Å². The van der Waals surface area contributed by atoms with Crippen LogP contribution in [0.4, 0.5) is 0 Å². The Labute approximate surface area is 442 Å². The summed E-state index contributed by atoms with van der Waals surface area (Å²) in [5.74, 6) is -1.38. The number of rotatable bonds is 47. The Balaban J connectivity index is 1.78. The average molecular weight is 1030 g/mol. The van der Waals surface area contributed by atoms with E-state index in [1.165, 1.54) is 96.3 Å². The van der Waals surface area contributed by atoms with Gasteiger partial charge < -0.3 is 23.7 Å². The molecule has 13 heteroatoms. The molecule has 1 aliphatic rings. The van der Waals surface area contributed by atoms with E-state index in [4.69, 9.17) is 23.7 Å². The maximum Gasteiger partial charge on any atom is 0.310 e. The second-order valence-electron chi connectivity index (χ2n) is 20.4. The average Bonchev–Trinajstić information content (AvgIpc) is 3.85. The first-order valence-corrected chi connectivity index (χ1v) is 29.8. The molecule has 0 N–H and O–H groups in total. The normalized spacial score (nSPS) is 15.3. The van der Waals surface area contributed by atoms with Crippen LogP contribution in [0.2, 0.25) is 0 Å². The van der Waals surface area contributed by atoms with E-state index >= 15 is 0 Å². The number of allylic oxidation sites excluding steroid dienone is 4. The highest BCUT2D eigenvalue weighted by atomic mass is 32.1. The summed E-state index contributed by atoms with van der Waals surface area (Å²) in [4.78, 5) is 51.8. The van der Waals surface area contributed by atoms with Crippen molar-refractivity contribution in [3.8, 4) is 5.88 Å². The standard InChI is InChI=1S/C59H102N3O9S/c1-6-9-12-15-17-19-21-23-25-27-29-31-33-35-37-42-54(63)68-49-53(50-69-55(64)43-38-36-34-32-30-28-26-24-22-20-18-16-13-10-7-2)71-57(66)45-44-56(65)70-51(4)62(5)46-40-41-52(48-62)58-59(61-72-60-58)67-47-39-14-11-8-3/h23-26,41,51,53H,6-22,27-40,42-50H2,1-5H3/q+1/b25-23-,26-24-. The minimum Gasteiger partial charge on any atom is -0.475 e. The lowest BCUT2D eigenvalue weighted by molar-refractivity contribution is -0.944. The molecule has 2 heterocycles. The molecule has 12 nitrogen and oxygen atoms in total. The first-order valence-electron chi connectivity index (χ1n) is 29.1. The van der Waals surface area contributed by atoms with Crippen LogP contribution >= 0.6 is 11.7 Å². The fourth-order valence-corrected chi connectivity index (χ4v) is 9.39. The van der Waals surface area contributed by atoms with E-state index in [2.05, 4.69) is 59.9 Å². The fraction of sp³-hybridized carbons (Fsp3) is 0.797. The number of carbonyl (C=O) groups is 4. The Morgan fingerprint density at radius 3 is 1.47 bits per heavy atom. The van der Waals surface area contributed by atoms with Crippen LogP contribution in [0, 0.1) is 0 Å². The van der Waals surface area contributed by atoms with Crippen molar-refractivity contribution >= 4 is 41.2 Å². The summed E-state index contributed by atoms with van der Waals surface area (Å²) in [6.45, 7) is 10.0. The van der Waals surface area contributed by atoms with Gasteiger partial charge in [-0.25, -0.2) is 0 Å². The zero-order valence-electron chi connectivity index (χ0n) is 46.2. The van der Waals surface area contributed by atoms with Gasteiger partial charge in [-0.15, -0.1) is 4.37 Å². The molecule has 2 atom stereocenters. The molecular weight excluding hydrogens is 927 g/mol. The van der Waals surface area contributed by atoms with Gasteiger partial charge in [-0.2, -0.15) is 4.37 Å². The Morgan fingerprint density at radius 1 is 0.556 bits per heavy atom. The number of ether oxygens (including phenoxy) is 5. The van der Waals surface area contributed by atoms with Gasteiger partial charge in [0.2, 0.25) is 6.23 Å². The van der Waals surface area contributed by atoms with E-state index in [1.807, 2.05) is 14.0 Å². The smallest absolute Gasteiger partial charge is 0.310 e. The van der Waals surface area contributed by atoms with Crippen LogP contribution in [0.3, 0.4) is 0 Å². The zero-order chi connectivity index (χ0) is 52.2. The first kappa shape index (κ1) is 64.5. The quantitative estimate of drug-likeness (QED) is 0.0203. The minimum absolute atomic E-state index is 0.185. The monoisotopic (exact) mass is 1030 g/mol. The number of hydrogen-bond donors (Lipinski definition) is 0. The van der Waals surface area contributed by atoms with Gasteiger partial charge >= 0.3 is 23.9 Å². The molecule has 1 aromatic rings. The van der Waals surface area contributed by atoms with Crippen LogP contribution in [-0.2, 0) is 38.1 Å². The van der Waals surface area contributed by atoms with Crippen molar-refractivity contribution in [1.82, 2.24) is 8.75 Å². The highest BCUT2D eigenvalue weighted by molar-refractivity contribution is 6.99. The summed E-state index contributed by atoms with van der Waals surface area (Å²) in [7, 11) is 2.05. The van der Waals surface area contributed by atoms with E-state index in [1.54, 1.807) is 0 Å². The Bertz CT molecular complexity index is 1590. The molecule has 0 spiro atoms. The summed E-state index contributed by atoms with van der Waals surface area (Å²) in [5.41, 5.74) is 1.76. The highest BCUT2D eigenvalue weighted by Crippen LogP contribution is 2.32. The summed E-state index contributed by atoms with van der Waals surface area (Å²) in [5, 5.41) is 0. The van der Waals surface area contributed by atoms with Gasteiger partial charge in [-0.1, -0.05) is 173 Å². The molecule has 1 aliphatic heterocycles. The molecule has 0 bridgehead atoms. The first-order chi connectivity index (χ1) is 35.1. The van der Waals surface area contributed by atoms with Gasteiger partial charge in [0.15, 0.2) is 6.10 Å². The number of unbranched alkanes of at least 4 members (excludes halogenated alkanes) is 25. The Morgan fingerprint density at radius 2 is 0.986 bits per heavy atom. The van der Waals surface area contributed by atoms with Crippen molar-refractivity contribution in [2.75, 3.05) is 40.0 Å². The summed E-state index contributed by atoms with van der Waals surface area (Å²) in [6.07, 6.45) is 45.7. The number of carbonyl (C=O) groups excluding carboxylic acids is 4. The van der Waals surface area contributed by atoms with E-state index in [9.17, 15) is 19.2 Å². The van der Waals surface area contributed by atoms with Crippen molar-refractivity contribution < 1.29 is 47.3 Å². The largest absolute Gasteiger partial charge is 0.475 e. The highest BCUT2D eigenvalue weighted by Gasteiger charge is 2.37. The molecule has 1 aromatic heterocycles. The van der Waals surface area contributed by atoms with E-state index < -0.39 is 24.3 Å². The lowest BCUT2D eigenvalue weighted by Crippen LogP contribution is -2.55. The fourth-order valence-electron chi connectivity index (χ4n) is 8.86. The van der Waals surface area contributed by atoms with E-state index in [0.717, 1.165) is 119 Å². The maximum atomic E-state index is 13.1. The molecule has 72 heavy (non-hydrogen) atoms. The van der Waals surface area contributed by atoms with Crippen molar-refractivity contribution in [2.24, 2.45) is 0 Å². The molecule has 0 aliphatic carbocycles. The lowest BCUT2D eigenvalue weighted by atomic mass is 10.0. The molecule has 0 saturated heterocycles. The minimum atomic E-state index is -0.989. The van der Waals surface area contributed by atoms with E-state index in [-0.39, 0.29) is 50.8 Å². The molecule has 412 valence electrons. The molecule has 0 amide bonds. The molecule has 0 fully saturated rings. The van der Waals surface area contributed by atoms with Crippen molar-refractivity contribution in [1.29, 1.82) is 0 Å². The van der Waals surface area contributed by atoms with Gasteiger partial charge in [-0.05, 0) is 70.6 Å². The predicted molar refractivity (Wildman–Crippen MR) is 294 cm³/mol. The summed E-state index contributed by atoms with van der Waals surface area (Å²) < 4.78 is 38.1. The second kappa shape index (κ2) is 43.8. The summed E-state index contributed by atoms with van der Waals surface area (Å²) in [6, 6.07) is 0. The Hall–Kier alpha value is -3.58. The molecule has 0 aromatic carbocycles. The molecule has 0 radical (unpaired) electrons. The third kappa shape index (κ3) is 33.3. The molecular formula is C59H102N3O9S+. The van der Waals surface area contributed by atoms with Crippen molar-refractivity contribution in [2.45, 2.75) is 265 Å². The number of quaternary nitrogens is 1. The molecule has 2 unspecified atom stereocenters. The topological polar surface area (TPSA) is 140 Å². The number of aromatic nitrogens is 2. The van der Waals surface area contributed by atoms with Crippen LogP contribution in [0.1, 0.15) is 258 Å². The van der Waals surface area contributed by atoms with Crippen molar-refractivity contribution in [3.63, 3.8) is 0 Å². The number of hydrogen-bond acceptors (Lipinski definition) is 12. The molecule has 2 rings (SSSR count). The van der Waals surface area contributed by atoms with Gasteiger partial charge in [0.1, 0.15) is 25.5 Å². The van der Waals surface area contributed by atoms with Gasteiger partial charge in [0, 0.05) is 31.8 Å². The maximum absolute atomic E-state index is 13.1. The van der Waals surface area contributed by atoms with Crippen LogP contribution < -0.4 is 4.74 Å². The Kier molecular flexibility index (Phi) is 39.2. The van der Waals surface area contributed by atoms with Gasteiger partial charge in [0.05, 0.1) is 44.8 Å². The van der Waals surface area contributed by atoms with Crippen molar-refractivity contribution in [3.05, 3.63) is 36.1 Å². The van der Waals surface area contributed by atoms with Crippen LogP contribution in [0.15, 0.2) is 30.4 Å². The zero-order valence-corrected chi connectivity index (χ0v) is 47.1. The third-order valence-corrected chi connectivity index (χ3v) is 14.2. The lowest BCUT2D eigenvalue weighted by Gasteiger charge is -2.41. The molecule has 0 saturated carbocycles. The SMILES string of the molecule is CCCCCCCC/C=C\CCCCCCCC(=O)OCC(COC(=O)CCCCCCC/C=C\CCCCCCCC)OC(=O)CCC(=O)OC(C)[N+]1(C)CCC=C(c2nsnc2OCCCCCC)C1. The van der Waals surface area contributed by atoms with Crippen LogP contribution in [0.25, 0.3) is 5.57 Å². The van der Waals surface area contributed by atoms with Gasteiger partial charge in [0.25, 0.3) is 5.88 Å². The number of nitrogens with zero attached hydrogens (tertiary/aromatic N) is 3. The van der Waals surface area contributed by atoms with Crippen LogP contribution in [-0.4, -0.2) is 89.4 Å². The third-order valence-electron chi connectivity index (χ3n) is 13.7. The number of likely N-dealkylation sites (N-methyl/N-ethyl adjacent to an activating group) is 1. The van der Waals surface area contributed by atoms with E-state index in [0.29, 0.717) is 36.4 Å². The number of esters is 4. The predicted octanol–water partition coefficient (Wildman–Crippen LogP) is 15.5. The van der Waals surface area contributed by atoms with Crippen LogP contribution in [0.5, 0.6) is 5.88 Å². The summed E-state index contributed by atoms with van der Waals surface area (Å²) >= 11 is 1.13. The second-order valence-corrected chi connectivity index (χ2v) is 21.0.